The number of carbonyl (C=O) groups excluding carboxylic acids is 3. The van der Waals surface area contributed by atoms with Crippen LogP contribution in [0.2, 0.25) is 0 Å². The maximum Gasteiger partial charge on any atom is 0.247 e. The van der Waals surface area contributed by atoms with E-state index in [4.69, 9.17) is 4.74 Å². The van der Waals surface area contributed by atoms with E-state index in [-0.39, 0.29) is 17.7 Å². The third kappa shape index (κ3) is 6.83. The van der Waals surface area contributed by atoms with Crippen LogP contribution in [0, 0.1) is 5.41 Å². The maximum atomic E-state index is 13.9. The average Bonchev–Trinajstić information content (AvgIpc) is 3.52. The van der Waals surface area contributed by atoms with Crippen LogP contribution in [-0.4, -0.2) is 71.4 Å². The molecule has 1 aromatic heterocycles. The number of likely N-dealkylation sites (tertiary alicyclic amines) is 1. The summed E-state index contributed by atoms with van der Waals surface area (Å²) in [4.78, 5) is 50.9. The zero-order valence-corrected chi connectivity index (χ0v) is 26.6. The molecule has 1 saturated heterocycles. The smallest absolute Gasteiger partial charge is 0.247 e. The molecule has 0 radical (unpaired) electrons. The van der Waals surface area contributed by atoms with Gasteiger partial charge in [-0.25, -0.2) is 9.97 Å². The Labute approximate surface area is 263 Å². The van der Waals surface area contributed by atoms with Crippen LogP contribution in [0.4, 0.5) is 17.2 Å². The molecule has 11 heteroatoms. The summed E-state index contributed by atoms with van der Waals surface area (Å²) in [6, 6.07) is 15.8. The van der Waals surface area contributed by atoms with E-state index >= 15 is 0 Å². The lowest BCUT2D eigenvalue weighted by Crippen LogP contribution is -2.59. The van der Waals surface area contributed by atoms with Gasteiger partial charge in [-0.2, -0.15) is 0 Å². The number of rotatable bonds is 9. The molecule has 0 aliphatic carbocycles. The molecular formula is C34H41N7O4. The number of aromatic nitrogens is 2. The van der Waals surface area contributed by atoms with Gasteiger partial charge >= 0.3 is 0 Å². The predicted octanol–water partition coefficient (Wildman–Crippen LogP) is 4.60. The van der Waals surface area contributed by atoms with Crippen LogP contribution in [0.1, 0.15) is 40.5 Å². The molecule has 4 N–H and O–H groups in total. The zero-order valence-electron chi connectivity index (χ0n) is 26.6. The summed E-state index contributed by atoms with van der Waals surface area (Å²) in [5.74, 6) is 0.121. The number of ether oxygens (including phenoxy) is 1. The topological polar surface area (TPSA) is 138 Å². The van der Waals surface area contributed by atoms with E-state index in [1.165, 1.54) is 13.4 Å². The Balaban J connectivity index is 1.40. The molecule has 0 unspecified atom stereocenters. The van der Waals surface area contributed by atoms with E-state index in [2.05, 4.69) is 43.4 Å². The second-order valence-corrected chi connectivity index (χ2v) is 12.5. The number of amides is 3. The fourth-order valence-corrected chi connectivity index (χ4v) is 5.59. The number of fused-ring (bicyclic) bond motifs is 2. The van der Waals surface area contributed by atoms with Crippen molar-refractivity contribution < 1.29 is 19.1 Å². The van der Waals surface area contributed by atoms with Gasteiger partial charge < -0.3 is 30.9 Å². The monoisotopic (exact) mass is 611 g/mol. The summed E-state index contributed by atoms with van der Waals surface area (Å²) in [7, 11) is 3.22. The van der Waals surface area contributed by atoms with E-state index in [9.17, 15) is 14.4 Å². The van der Waals surface area contributed by atoms with Crippen molar-refractivity contribution >= 4 is 56.6 Å². The number of benzene rings is 3. The molecule has 3 aromatic carbocycles. The molecule has 5 rings (SSSR count). The van der Waals surface area contributed by atoms with Gasteiger partial charge in [0.1, 0.15) is 30.0 Å². The Bertz CT molecular complexity index is 1740. The zero-order chi connectivity index (χ0) is 32.3. The number of methoxy groups -OCH3 is 1. The number of likely N-dealkylation sites (N-methyl/N-ethyl adjacent to an activating group) is 1. The molecule has 0 bridgehead atoms. The van der Waals surface area contributed by atoms with Gasteiger partial charge in [0.05, 0.1) is 24.4 Å². The van der Waals surface area contributed by atoms with Crippen LogP contribution in [0.25, 0.3) is 21.7 Å². The molecule has 3 atom stereocenters. The van der Waals surface area contributed by atoms with Gasteiger partial charge in [0.15, 0.2) is 0 Å². The molecule has 3 amide bonds. The van der Waals surface area contributed by atoms with Crippen molar-refractivity contribution in [3.05, 3.63) is 60.9 Å². The first-order chi connectivity index (χ1) is 21.5. The molecule has 236 valence electrons. The standard InChI is InChI=1S/C34H41N7O4/c1-20(35-5)31(42)40-29(34(2,3)4)33(44)41-15-9-12-27(41)32(43)39-26-17-24-25(18-28(26)45-6)36-19-37-30(24)38-23-14-13-21-10-7-8-11-22(21)16-23/h7-8,10-11,13-14,16-20,27,29,35H,9,12,15H2,1-6H3,(H,39,43)(H,40,42)(H,36,37,38)/t20-,27-,29+/m0/s1. The largest absolute Gasteiger partial charge is 0.494 e. The van der Waals surface area contributed by atoms with Gasteiger partial charge in [-0.1, -0.05) is 51.1 Å². The average molecular weight is 612 g/mol. The molecule has 0 saturated carbocycles. The van der Waals surface area contributed by atoms with Crippen molar-refractivity contribution in [2.24, 2.45) is 5.41 Å². The van der Waals surface area contributed by atoms with Crippen LogP contribution in [0.5, 0.6) is 5.75 Å². The lowest BCUT2D eigenvalue weighted by atomic mass is 9.85. The molecule has 11 nitrogen and oxygen atoms in total. The summed E-state index contributed by atoms with van der Waals surface area (Å²) in [5.41, 5.74) is 1.37. The molecule has 1 aliphatic rings. The molecule has 1 aliphatic heterocycles. The minimum atomic E-state index is -0.801. The van der Waals surface area contributed by atoms with Crippen LogP contribution < -0.4 is 26.0 Å². The van der Waals surface area contributed by atoms with Gasteiger partial charge in [-0.3, -0.25) is 14.4 Å². The number of hydrogen-bond acceptors (Lipinski definition) is 8. The SMILES string of the molecule is CN[C@@H](C)C(=O)N[C@H](C(=O)N1CCC[C@H]1C(=O)Nc1cc2c(Nc3ccc4ccccc4c3)ncnc2cc1OC)C(C)(C)C. The fraction of sp³-hybridized carbons (Fsp3) is 0.382. The van der Waals surface area contributed by atoms with Crippen molar-refractivity contribution in [1.29, 1.82) is 0 Å². The fourth-order valence-electron chi connectivity index (χ4n) is 5.59. The highest BCUT2D eigenvalue weighted by atomic mass is 16.5. The van der Waals surface area contributed by atoms with Crippen LogP contribution in [0.15, 0.2) is 60.9 Å². The normalized spacial score (nSPS) is 16.3. The van der Waals surface area contributed by atoms with Crippen molar-refractivity contribution in [3.63, 3.8) is 0 Å². The first-order valence-electron chi connectivity index (χ1n) is 15.2. The van der Waals surface area contributed by atoms with E-state index in [1.807, 2.05) is 51.1 Å². The second-order valence-electron chi connectivity index (χ2n) is 12.5. The molecule has 2 heterocycles. The molecular weight excluding hydrogens is 570 g/mol. The minimum Gasteiger partial charge on any atom is -0.494 e. The van der Waals surface area contributed by atoms with Gasteiger partial charge in [0.2, 0.25) is 17.7 Å². The number of nitrogens with zero attached hydrogens (tertiary/aromatic N) is 3. The van der Waals surface area contributed by atoms with Gasteiger partial charge in [-0.05, 0) is 61.2 Å². The Hall–Kier alpha value is -4.77. The lowest BCUT2D eigenvalue weighted by Gasteiger charge is -2.36. The van der Waals surface area contributed by atoms with Crippen LogP contribution in [-0.2, 0) is 14.4 Å². The Morgan fingerprint density at radius 2 is 1.78 bits per heavy atom. The quantitative estimate of drug-likeness (QED) is 0.216. The third-order valence-electron chi connectivity index (χ3n) is 8.29. The number of anilines is 3. The Morgan fingerprint density at radius 1 is 1.02 bits per heavy atom. The van der Waals surface area contributed by atoms with E-state index in [1.54, 1.807) is 31.0 Å². The van der Waals surface area contributed by atoms with E-state index in [0.717, 1.165) is 16.5 Å². The first kappa shape index (κ1) is 31.6. The summed E-state index contributed by atoms with van der Waals surface area (Å²) < 4.78 is 5.63. The van der Waals surface area contributed by atoms with Crippen molar-refractivity contribution in [2.75, 3.05) is 31.3 Å². The lowest BCUT2D eigenvalue weighted by molar-refractivity contribution is -0.143. The van der Waals surface area contributed by atoms with Crippen molar-refractivity contribution in [2.45, 2.75) is 58.7 Å². The van der Waals surface area contributed by atoms with Gasteiger partial charge in [-0.15, -0.1) is 0 Å². The Kier molecular flexibility index (Phi) is 9.19. The molecule has 4 aromatic rings. The Morgan fingerprint density at radius 3 is 2.49 bits per heavy atom. The highest BCUT2D eigenvalue weighted by Gasteiger charge is 2.42. The maximum absolute atomic E-state index is 13.9. The number of hydrogen-bond donors (Lipinski definition) is 4. The van der Waals surface area contributed by atoms with Gasteiger partial charge in [0, 0.05) is 23.7 Å². The van der Waals surface area contributed by atoms with Crippen LogP contribution >= 0.6 is 0 Å². The number of nitrogens with one attached hydrogen (secondary N) is 4. The number of carbonyl (C=O) groups is 3. The predicted molar refractivity (Wildman–Crippen MR) is 177 cm³/mol. The minimum absolute atomic E-state index is 0.276. The van der Waals surface area contributed by atoms with Crippen molar-refractivity contribution in [1.82, 2.24) is 25.5 Å². The summed E-state index contributed by atoms with van der Waals surface area (Å²) in [6.45, 7) is 7.85. The third-order valence-corrected chi connectivity index (χ3v) is 8.29. The molecule has 45 heavy (non-hydrogen) atoms. The van der Waals surface area contributed by atoms with Crippen LogP contribution in [0.3, 0.4) is 0 Å². The summed E-state index contributed by atoms with van der Waals surface area (Å²) in [6.07, 6.45) is 2.65. The van der Waals surface area contributed by atoms with Gasteiger partial charge in [0.25, 0.3) is 0 Å². The summed E-state index contributed by atoms with van der Waals surface area (Å²) >= 11 is 0. The highest BCUT2D eigenvalue weighted by molar-refractivity contribution is 6.03. The first-order valence-corrected chi connectivity index (χ1v) is 15.2. The summed E-state index contributed by atoms with van der Waals surface area (Å²) in [5, 5.41) is 15.1. The van der Waals surface area contributed by atoms with Crippen molar-refractivity contribution in [3.8, 4) is 5.75 Å². The molecule has 1 fully saturated rings. The second kappa shape index (κ2) is 13.1. The molecule has 0 spiro atoms. The van der Waals surface area contributed by atoms with E-state index in [0.29, 0.717) is 47.5 Å². The highest BCUT2D eigenvalue weighted by Crippen LogP contribution is 2.34. The van der Waals surface area contributed by atoms with E-state index < -0.39 is 23.5 Å².